The lowest BCUT2D eigenvalue weighted by molar-refractivity contribution is -0.122. The molecule has 0 aromatic heterocycles. The molecule has 2 aromatic rings. The number of nitrogens with one attached hydrogen (secondary N) is 1. The Morgan fingerprint density at radius 2 is 1.76 bits per heavy atom. The Morgan fingerprint density at radius 3 is 2.33 bits per heavy atom. The fourth-order valence-corrected chi connectivity index (χ4v) is 2.36. The predicted octanol–water partition coefficient (Wildman–Crippen LogP) is 4.58. The summed E-state index contributed by atoms with van der Waals surface area (Å²) in [5.74, 6) is 0.494. The summed E-state index contributed by atoms with van der Waals surface area (Å²) < 4.78 is 6.58. The van der Waals surface area contributed by atoms with Crippen LogP contribution in [0.15, 0.2) is 57.9 Å². The number of hydrogen-bond donors (Lipinski definition) is 1. The first-order valence-corrected chi connectivity index (χ1v) is 8.47. The van der Waals surface area contributed by atoms with Gasteiger partial charge >= 0.3 is 0 Å². The van der Waals surface area contributed by atoms with Gasteiger partial charge in [0.2, 0.25) is 0 Å². The quantitative estimate of drug-likeness (QED) is 0.788. The molecule has 2 rings (SSSR count). The molecule has 1 unspecified atom stereocenters. The first-order chi connectivity index (χ1) is 10.1. The molecule has 0 fully saturated rings. The van der Waals surface area contributed by atoms with Crippen LogP contribution in [0.3, 0.4) is 0 Å². The van der Waals surface area contributed by atoms with Crippen LogP contribution in [0.1, 0.15) is 6.92 Å². The van der Waals surface area contributed by atoms with Crippen molar-refractivity contribution in [3.05, 3.63) is 53.0 Å². The molecule has 0 aliphatic rings. The SMILES string of the molecule is CSc1ccc(NC(=O)C(C)Oc2ccc(Br)cc2)cc1. The van der Waals surface area contributed by atoms with Crippen LogP contribution < -0.4 is 10.1 Å². The second-order valence-electron chi connectivity index (χ2n) is 4.43. The summed E-state index contributed by atoms with van der Waals surface area (Å²) >= 11 is 5.02. The average molecular weight is 366 g/mol. The second-order valence-corrected chi connectivity index (χ2v) is 6.23. The molecule has 0 spiro atoms. The van der Waals surface area contributed by atoms with Crippen molar-refractivity contribution in [3.63, 3.8) is 0 Å². The Kier molecular flexibility index (Phi) is 5.70. The number of thioether (sulfide) groups is 1. The van der Waals surface area contributed by atoms with Gasteiger partial charge in [0.15, 0.2) is 6.10 Å². The Balaban J connectivity index is 1.93. The molecule has 21 heavy (non-hydrogen) atoms. The van der Waals surface area contributed by atoms with Gasteiger partial charge in [-0.3, -0.25) is 4.79 Å². The van der Waals surface area contributed by atoms with E-state index in [-0.39, 0.29) is 5.91 Å². The van der Waals surface area contributed by atoms with Gasteiger partial charge in [0.05, 0.1) is 0 Å². The minimum Gasteiger partial charge on any atom is -0.481 e. The van der Waals surface area contributed by atoms with Gasteiger partial charge in [-0.2, -0.15) is 0 Å². The number of carbonyl (C=O) groups excluding carboxylic acids is 1. The number of hydrogen-bond acceptors (Lipinski definition) is 3. The molecule has 0 radical (unpaired) electrons. The van der Waals surface area contributed by atoms with Crippen LogP contribution in [0.5, 0.6) is 5.75 Å². The highest BCUT2D eigenvalue weighted by Crippen LogP contribution is 2.19. The van der Waals surface area contributed by atoms with E-state index in [2.05, 4.69) is 21.2 Å². The molecule has 0 saturated carbocycles. The van der Waals surface area contributed by atoms with Crippen molar-refractivity contribution >= 4 is 39.3 Å². The highest BCUT2D eigenvalue weighted by atomic mass is 79.9. The third-order valence-electron chi connectivity index (χ3n) is 2.85. The van der Waals surface area contributed by atoms with E-state index >= 15 is 0 Å². The molecule has 110 valence electrons. The van der Waals surface area contributed by atoms with E-state index < -0.39 is 6.10 Å². The fraction of sp³-hybridized carbons (Fsp3) is 0.188. The van der Waals surface area contributed by atoms with Crippen molar-refractivity contribution in [2.75, 3.05) is 11.6 Å². The molecule has 5 heteroatoms. The third-order valence-corrected chi connectivity index (χ3v) is 4.13. The Bertz CT molecular complexity index is 599. The van der Waals surface area contributed by atoms with Crippen LogP contribution in [0.25, 0.3) is 0 Å². The molecule has 0 bridgehead atoms. The molecule has 2 aromatic carbocycles. The molecule has 1 atom stereocenters. The van der Waals surface area contributed by atoms with Gasteiger partial charge in [-0.15, -0.1) is 11.8 Å². The van der Waals surface area contributed by atoms with Crippen LogP contribution in [-0.2, 0) is 4.79 Å². The summed E-state index contributed by atoms with van der Waals surface area (Å²) in [4.78, 5) is 13.2. The van der Waals surface area contributed by atoms with E-state index in [9.17, 15) is 4.79 Å². The summed E-state index contributed by atoms with van der Waals surface area (Å²) in [5.41, 5.74) is 0.768. The zero-order valence-corrected chi connectivity index (χ0v) is 14.2. The highest BCUT2D eigenvalue weighted by Gasteiger charge is 2.14. The Labute approximate surface area is 137 Å². The van der Waals surface area contributed by atoms with E-state index in [0.29, 0.717) is 5.75 Å². The van der Waals surface area contributed by atoms with E-state index in [0.717, 1.165) is 15.1 Å². The highest BCUT2D eigenvalue weighted by molar-refractivity contribution is 9.10. The first kappa shape index (κ1) is 15.9. The molecular weight excluding hydrogens is 350 g/mol. The molecule has 3 nitrogen and oxygen atoms in total. The number of ether oxygens (including phenoxy) is 1. The monoisotopic (exact) mass is 365 g/mol. The van der Waals surface area contributed by atoms with E-state index in [4.69, 9.17) is 4.74 Å². The summed E-state index contributed by atoms with van der Waals surface area (Å²) in [6.45, 7) is 1.73. The zero-order valence-electron chi connectivity index (χ0n) is 11.8. The first-order valence-electron chi connectivity index (χ1n) is 6.45. The normalized spacial score (nSPS) is 11.8. The van der Waals surface area contributed by atoms with Gasteiger partial charge in [0.1, 0.15) is 5.75 Å². The topological polar surface area (TPSA) is 38.3 Å². The Hall–Kier alpha value is -1.46. The van der Waals surface area contributed by atoms with Crippen LogP contribution in [-0.4, -0.2) is 18.3 Å². The van der Waals surface area contributed by atoms with Gasteiger partial charge in [-0.25, -0.2) is 0 Å². The summed E-state index contributed by atoms with van der Waals surface area (Å²) in [7, 11) is 0. The number of rotatable bonds is 5. The van der Waals surface area contributed by atoms with E-state index in [1.807, 2.05) is 54.8 Å². The number of carbonyl (C=O) groups is 1. The Morgan fingerprint density at radius 1 is 1.14 bits per heavy atom. The largest absolute Gasteiger partial charge is 0.481 e. The lowest BCUT2D eigenvalue weighted by Gasteiger charge is -2.15. The average Bonchev–Trinajstić information content (AvgIpc) is 2.50. The zero-order chi connectivity index (χ0) is 15.2. The van der Waals surface area contributed by atoms with Crippen molar-refractivity contribution in [1.82, 2.24) is 0 Å². The minimum absolute atomic E-state index is 0.171. The fourth-order valence-electron chi connectivity index (χ4n) is 1.69. The van der Waals surface area contributed by atoms with Crippen molar-refractivity contribution in [2.45, 2.75) is 17.9 Å². The number of benzene rings is 2. The molecule has 0 heterocycles. The smallest absolute Gasteiger partial charge is 0.265 e. The van der Waals surface area contributed by atoms with Crippen molar-refractivity contribution < 1.29 is 9.53 Å². The van der Waals surface area contributed by atoms with Gasteiger partial charge in [-0.05, 0) is 61.7 Å². The maximum atomic E-state index is 12.1. The molecule has 0 aliphatic carbocycles. The summed E-state index contributed by atoms with van der Waals surface area (Å²) in [6.07, 6.45) is 1.45. The number of amides is 1. The van der Waals surface area contributed by atoms with E-state index in [1.54, 1.807) is 18.7 Å². The molecule has 0 saturated heterocycles. The molecule has 0 aliphatic heterocycles. The van der Waals surface area contributed by atoms with Crippen molar-refractivity contribution in [3.8, 4) is 5.75 Å². The van der Waals surface area contributed by atoms with Crippen LogP contribution in [0, 0.1) is 0 Å². The predicted molar refractivity (Wildman–Crippen MR) is 91.1 cm³/mol. The van der Waals surface area contributed by atoms with Crippen LogP contribution in [0.4, 0.5) is 5.69 Å². The minimum atomic E-state index is -0.564. The lowest BCUT2D eigenvalue weighted by atomic mass is 10.3. The van der Waals surface area contributed by atoms with Gasteiger partial charge in [0, 0.05) is 15.1 Å². The van der Waals surface area contributed by atoms with Crippen LogP contribution >= 0.6 is 27.7 Å². The molecule has 1 N–H and O–H groups in total. The van der Waals surface area contributed by atoms with Gasteiger partial charge in [0.25, 0.3) is 5.91 Å². The van der Waals surface area contributed by atoms with E-state index in [1.165, 1.54) is 0 Å². The third kappa shape index (κ3) is 4.79. The summed E-state index contributed by atoms with van der Waals surface area (Å²) in [5, 5.41) is 2.84. The maximum Gasteiger partial charge on any atom is 0.265 e. The maximum absolute atomic E-state index is 12.1. The van der Waals surface area contributed by atoms with Crippen molar-refractivity contribution in [2.24, 2.45) is 0 Å². The van der Waals surface area contributed by atoms with Crippen LogP contribution in [0.2, 0.25) is 0 Å². The molecular formula is C16H16BrNO2S. The van der Waals surface area contributed by atoms with Gasteiger partial charge < -0.3 is 10.1 Å². The standard InChI is InChI=1S/C16H16BrNO2S/c1-11(20-14-7-3-12(17)4-8-14)16(19)18-13-5-9-15(21-2)10-6-13/h3-11H,1-2H3,(H,18,19). The molecule has 1 amide bonds. The second kappa shape index (κ2) is 7.52. The lowest BCUT2D eigenvalue weighted by Crippen LogP contribution is -2.30. The van der Waals surface area contributed by atoms with Crippen molar-refractivity contribution in [1.29, 1.82) is 0 Å². The number of anilines is 1. The number of halogens is 1. The van der Waals surface area contributed by atoms with Gasteiger partial charge in [-0.1, -0.05) is 15.9 Å². The summed E-state index contributed by atoms with van der Waals surface area (Å²) in [6, 6.07) is 15.1.